The molecule has 1 aliphatic rings. The number of aromatic nitrogens is 3. The molecule has 0 radical (unpaired) electrons. The molecule has 0 aromatic carbocycles. The van der Waals surface area contributed by atoms with Crippen LogP contribution in [-0.2, 0) is 11.3 Å². The molecule has 114 valence electrons. The quantitative estimate of drug-likeness (QED) is 0.731. The summed E-state index contributed by atoms with van der Waals surface area (Å²) in [6, 6.07) is 1.62. The van der Waals surface area contributed by atoms with E-state index in [9.17, 15) is 4.79 Å². The number of morpholine rings is 1. The first-order chi connectivity index (χ1) is 10.8. The number of thiazole rings is 2. The SMILES string of the molecule is O=c1cc(CN2CCO[C@H](c3nccs3)C2)nc2sccn12. The van der Waals surface area contributed by atoms with Gasteiger partial charge in [0.05, 0.1) is 12.3 Å². The van der Waals surface area contributed by atoms with Crippen LogP contribution < -0.4 is 5.56 Å². The van der Waals surface area contributed by atoms with E-state index in [2.05, 4.69) is 14.9 Å². The summed E-state index contributed by atoms with van der Waals surface area (Å²) >= 11 is 3.09. The number of rotatable bonds is 3. The minimum atomic E-state index is -0.0222. The average molecular weight is 334 g/mol. The van der Waals surface area contributed by atoms with Gasteiger partial charge in [-0.3, -0.25) is 14.1 Å². The first kappa shape index (κ1) is 14.0. The van der Waals surface area contributed by atoms with Gasteiger partial charge in [0, 0.05) is 48.9 Å². The Morgan fingerprint density at radius 1 is 1.36 bits per heavy atom. The Morgan fingerprint density at radius 3 is 3.18 bits per heavy atom. The van der Waals surface area contributed by atoms with Gasteiger partial charge in [0.25, 0.3) is 5.56 Å². The van der Waals surface area contributed by atoms with Gasteiger partial charge in [-0.25, -0.2) is 9.97 Å². The highest BCUT2D eigenvalue weighted by Gasteiger charge is 2.24. The Morgan fingerprint density at radius 2 is 2.32 bits per heavy atom. The van der Waals surface area contributed by atoms with E-state index in [1.54, 1.807) is 34.2 Å². The zero-order chi connectivity index (χ0) is 14.9. The largest absolute Gasteiger partial charge is 0.368 e. The fourth-order valence-electron chi connectivity index (χ4n) is 2.59. The van der Waals surface area contributed by atoms with E-state index >= 15 is 0 Å². The Labute approximate surface area is 134 Å². The summed E-state index contributed by atoms with van der Waals surface area (Å²) in [6.07, 6.45) is 3.57. The number of nitrogens with zero attached hydrogens (tertiary/aromatic N) is 4. The van der Waals surface area contributed by atoms with Crippen molar-refractivity contribution in [2.24, 2.45) is 0 Å². The molecule has 0 bridgehead atoms. The van der Waals surface area contributed by atoms with Crippen LogP contribution in [0.25, 0.3) is 4.96 Å². The molecule has 1 aliphatic heterocycles. The molecule has 1 atom stereocenters. The second-order valence-corrected chi connectivity index (χ2v) is 6.91. The van der Waals surface area contributed by atoms with Gasteiger partial charge >= 0.3 is 0 Å². The summed E-state index contributed by atoms with van der Waals surface area (Å²) < 4.78 is 7.37. The molecule has 0 spiro atoms. The standard InChI is InChI=1S/C14H14N4O2S2/c19-12-7-10(16-14-18(12)3-6-22-14)8-17-2-4-20-11(9-17)13-15-1-5-21-13/h1,3,5-7,11H,2,4,8-9H2/t11-/m0/s1. The number of hydrogen-bond acceptors (Lipinski definition) is 7. The van der Waals surface area contributed by atoms with Crippen molar-refractivity contribution in [1.29, 1.82) is 0 Å². The molecule has 0 saturated carbocycles. The molecule has 0 aliphatic carbocycles. The van der Waals surface area contributed by atoms with Crippen molar-refractivity contribution in [3.05, 3.63) is 50.3 Å². The van der Waals surface area contributed by atoms with Crippen LogP contribution in [0.2, 0.25) is 0 Å². The maximum Gasteiger partial charge on any atom is 0.258 e. The Bertz CT molecular complexity index is 827. The van der Waals surface area contributed by atoms with Crippen molar-refractivity contribution in [2.75, 3.05) is 19.7 Å². The molecule has 8 heteroatoms. The van der Waals surface area contributed by atoms with E-state index in [0.29, 0.717) is 13.2 Å². The van der Waals surface area contributed by atoms with Crippen molar-refractivity contribution in [3.8, 4) is 0 Å². The van der Waals surface area contributed by atoms with Gasteiger partial charge in [-0.1, -0.05) is 0 Å². The van der Waals surface area contributed by atoms with Crippen molar-refractivity contribution in [2.45, 2.75) is 12.6 Å². The third-order valence-corrected chi connectivity index (χ3v) is 5.24. The molecular weight excluding hydrogens is 320 g/mol. The molecule has 4 rings (SSSR count). The summed E-state index contributed by atoms with van der Waals surface area (Å²) in [5.41, 5.74) is 0.790. The topological polar surface area (TPSA) is 59.7 Å². The maximum atomic E-state index is 12.0. The van der Waals surface area contributed by atoms with Crippen molar-refractivity contribution in [3.63, 3.8) is 0 Å². The van der Waals surface area contributed by atoms with Crippen LogP contribution in [-0.4, -0.2) is 39.0 Å². The molecule has 0 amide bonds. The summed E-state index contributed by atoms with van der Waals surface area (Å²) in [5, 5.41) is 4.84. The second kappa shape index (κ2) is 5.88. The fourth-order valence-corrected chi connectivity index (χ4v) is 4.00. The van der Waals surface area contributed by atoms with Gasteiger partial charge in [-0.15, -0.1) is 22.7 Å². The molecule has 3 aromatic rings. The molecule has 6 nitrogen and oxygen atoms in total. The monoisotopic (exact) mass is 334 g/mol. The molecule has 1 saturated heterocycles. The van der Waals surface area contributed by atoms with E-state index in [4.69, 9.17) is 4.74 Å². The van der Waals surface area contributed by atoms with Crippen LogP contribution in [0.3, 0.4) is 0 Å². The van der Waals surface area contributed by atoms with Gasteiger partial charge < -0.3 is 4.74 Å². The lowest BCUT2D eigenvalue weighted by atomic mass is 10.2. The first-order valence-electron chi connectivity index (χ1n) is 6.99. The van der Waals surface area contributed by atoms with Crippen LogP contribution in [0, 0.1) is 0 Å². The lowest BCUT2D eigenvalue weighted by Gasteiger charge is -2.31. The molecule has 1 fully saturated rings. The summed E-state index contributed by atoms with van der Waals surface area (Å²) in [6.45, 7) is 2.95. The maximum absolute atomic E-state index is 12.0. The van der Waals surface area contributed by atoms with E-state index in [1.807, 2.05) is 10.8 Å². The lowest BCUT2D eigenvalue weighted by Crippen LogP contribution is -2.38. The van der Waals surface area contributed by atoms with Crippen LogP contribution in [0.5, 0.6) is 0 Å². The first-order valence-corrected chi connectivity index (χ1v) is 8.75. The predicted molar refractivity (Wildman–Crippen MR) is 85.4 cm³/mol. The normalized spacial score (nSPS) is 19.7. The lowest BCUT2D eigenvalue weighted by molar-refractivity contribution is -0.0333. The van der Waals surface area contributed by atoms with Crippen molar-refractivity contribution in [1.82, 2.24) is 19.3 Å². The highest BCUT2D eigenvalue weighted by atomic mass is 32.1. The average Bonchev–Trinajstić information content (AvgIpc) is 3.19. The smallest absolute Gasteiger partial charge is 0.258 e. The minimum absolute atomic E-state index is 0.0142. The van der Waals surface area contributed by atoms with Crippen LogP contribution >= 0.6 is 22.7 Å². The zero-order valence-corrected chi connectivity index (χ0v) is 13.3. The van der Waals surface area contributed by atoms with Gasteiger partial charge in [0.15, 0.2) is 4.96 Å². The molecule has 0 N–H and O–H groups in total. The third-order valence-electron chi connectivity index (χ3n) is 3.62. The minimum Gasteiger partial charge on any atom is -0.368 e. The van der Waals surface area contributed by atoms with Crippen LogP contribution in [0.1, 0.15) is 16.8 Å². The predicted octanol–water partition coefficient (Wildman–Crippen LogP) is 1.79. The number of hydrogen-bond donors (Lipinski definition) is 0. The summed E-state index contributed by atoms with van der Waals surface area (Å²) in [5.74, 6) is 0. The molecular formula is C14H14N4O2S2. The second-order valence-electron chi connectivity index (χ2n) is 5.11. The van der Waals surface area contributed by atoms with E-state index in [1.165, 1.54) is 11.3 Å². The molecule has 22 heavy (non-hydrogen) atoms. The molecule has 3 aromatic heterocycles. The van der Waals surface area contributed by atoms with E-state index in [0.717, 1.165) is 28.8 Å². The Balaban J connectivity index is 1.53. The van der Waals surface area contributed by atoms with Crippen LogP contribution in [0.4, 0.5) is 0 Å². The summed E-state index contributed by atoms with van der Waals surface area (Å²) in [4.78, 5) is 23.9. The van der Waals surface area contributed by atoms with E-state index < -0.39 is 0 Å². The number of fused-ring (bicyclic) bond motifs is 1. The fraction of sp³-hybridized carbons (Fsp3) is 0.357. The van der Waals surface area contributed by atoms with Gasteiger partial charge in [-0.2, -0.15) is 0 Å². The van der Waals surface area contributed by atoms with Crippen molar-refractivity contribution >= 4 is 27.6 Å². The third kappa shape index (κ3) is 2.70. The van der Waals surface area contributed by atoms with Gasteiger partial charge in [-0.05, 0) is 0 Å². The Hall–Kier alpha value is -1.61. The molecule has 4 heterocycles. The molecule has 0 unspecified atom stereocenters. The highest BCUT2D eigenvalue weighted by molar-refractivity contribution is 7.15. The zero-order valence-electron chi connectivity index (χ0n) is 11.7. The summed E-state index contributed by atoms with van der Waals surface area (Å²) in [7, 11) is 0. The van der Waals surface area contributed by atoms with Crippen LogP contribution in [0.15, 0.2) is 34.0 Å². The van der Waals surface area contributed by atoms with Gasteiger partial charge in [0.1, 0.15) is 11.1 Å². The number of ether oxygens (including phenoxy) is 1. The van der Waals surface area contributed by atoms with E-state index in [-0.39, 0.29) is 11.7 Å². The van der Waals surface area contributed by atoms with Gasteiger partial charge in [0.2, 0.25) is 0 Å². The highest BCUT2D eigenvalue weighted by Crippen LogP contribution is 2.24. The van der Waals surface area contributed by atoms with Crippen molar-refractivity contribution < 1.29 is 4.74 Å². The Kier molecular flexibility index (Phi) is 3.75.